The summed E-state index contributed by atoms with van der Waals surface area (Å²) in [4.78, 5) is 31.2. The third-order valence-electron chi connectivity index (χ3n) is 6.76. The van der Waals surface area contributed by atoms with Gasteiger partial charge in [-0.2, -0.15) is 0 Å². The first-order chi connectivity index (χ1) is 14.6. The van der Waals surface area contributed by atoms with Crippen molar-refractivity contribution in [1.82, 2.24) is 9.80 Å². The second-order valence-corrected chi connectivity index (χ2v) is 8.47. The molecule has 0 radical (unpaired) electrons. The van der Waals surface area contributed by atoms with E-state index in [-0.39, 0.29) is 18.5 Å². The molecule has 0 N–H and O–H groups in total. The lowest BCUT2D eigenvalue weighted by Crippen LogP contribution is -2.45. The number of urea groups is 1. The Morgan fingerprint density at radius 2 is 1.90 bits per heavy atom. The van der Waals surface area contributed by atoms with E-state index in [9.17, 15) is 9.59 Å². The number of carbonyl (C=O) groups excluding carboxylic acids is 2. The minimum atomic E-state index is -0.192. The minimum absolute atomic E-state index is 0.0972. The van der Waals surface area contributed by atoms with Gasteiger partial charge in [-0.1, -0.05) is 24.3 Å². The highest BCUT2D eigenvalue weighted by Crippen LogP contribution is 2.40. The van der Waals surface area contributed by atoms with Crippen LogP contribution in [0.1, 0.15) is 30.0 Å². The van der Waals surface area contributed by atoms with Crippen LogP contribution < -0.4 is 9.64 Å². The molecule has 0 bridgehead atoms. The third kappa shape index (κ3) is 3.35. The fourth-order valence-corrected chi connectivity index (χ4v) is 5.15. The van der Waals surface area contributed by atoms with Crippen LogP contribution >= 0.6 is 0 Å². The van der Waals surface area contributed by atoms with Gasteiger partial charge in [-0.15, -0.1) is 0 Å². The zero-order chi connectivity index (χ0) is 20.7. The maximum absolute atomic E-state index is 12.9. The topological polar surface area (TPSA) is 53.1 Å². The SMILES string of the molecule is COc1ccc2c(c1)CCN1CC[C@H](CN3C(=O)CN(c4ccccc4)C3=O)C[C@@H]21. The Hall–Kier alpha value is -2.86. The molecular formula is C24H27N3O3. The lowest BCUT2D eigenvalue weighted by atomic mass is 9.82. The number of benzene rings is 2. The summed E-state index contributed by atoms with van der Waals surface area (Å²) in [7, 11) is 1.70. The number of imide groups is 1. The monoisotopic (exact) mass is 405 g/mol. The maximum atomic E-state index is 12.9. The van der Waals surface area contributed by atoms with Crippen molar-refractivity contribution in [2.45, 2.75) is 25.3 Å². The van der Waals surface area contributed by atoms with Crippen molar-refractivity contribution in [2.75, 3.05) is 38.2 Å². The fraction of sp³-hybridized carbons (Fsp3) is 0.417. The van der Waals surface area contributed by atoms with E-state index >= 15 is 0 Å². The molecule has 2 saturated heterocycles. The quantitative estimate of drug-likeness (QED) is 0.731. The summed E-state index contributed by atoms with van der Waals surface area (Å²) in [5.41, 5.74) is 3.51. The lowest BCUT2D eigenvalue weighted by molar-refractivity contribution is -0.125. The Morgan fingerprint density at radius 1 is 1.07 bits per heavy atom. The number of ether oxygens (including phenoxy) is 1. The standard InChI is InChI=1S/C24H27N3O3/c1-30-20-7-8-21-18(14-20)10-12-25-11-9-17(13-22(21)25)15-27-23(28)16-26(24(27)29)19-5-3-2-4-6-19/h2-8,14,17,22H,9-13,15-16H2,1H3/t17-,22-/m0/s1. The molecule has 3 heterocycles. The summed E-state index contributed by atoms with van der Waals surface area (Å²) >= 11 is 0. The van der Waals surface area contributed by atoms with Crippen molar-refractivity contribution in [3.05, 3.63) is 59.7 Å². The van der Waals surface area contributed by atoms with Gasteiger partial charge < -0.3 is 4.74 Å². The average Bonchev–Trinajstić information content (AvgIpc) is 3.07. The van der Waals surface area contributed by atoms with Crippen LogP contribution in [0.25, 0.3) is 0 Å². The Labute approximate surface area is 177 Å². The number of fused-ring (bicyclic) bond motifs is 3. The first-order valence-corrected chi connectivity index (χ1v) is 10.7. The van der Waals surface area contributed by atoms with Crippen LogP contribution in [0.2, 0.25) is 0 Å². The van der Waals surface area contributed by atoms with Crippen molar-refractivity contribution in [3.8, 4) is 5.75 Å². The highest BCUT2D eigenvalue weighted by molar-refractivity contribution is 6.12. The summed E-state index contributed by atoms with van der Waals surface area (Å²) in [6, 6.07) is 16.0. The molecule has 3 aliphatic rings. The smallest absolute Gasteiger partial charge is 0.331 e. The molecule has 156 valence electrons. The zero-order valence-electron chi connectivity index (χ0n) is 17.3. The summed E-state index contributed by atoms with van der Waals surface area (Å²) in [6.07, 6.45) is 3.04. The average molecular weight is 405 g/mol. The Kier molecular flexibility index (Phi) is 4.95. The molecule has 0 aromatic heterocycles. The molecule has 2 aromatic carbocycles. The van der Waals surface area contributed by atoms with E-state index in [1.807, 2.05) is 36.4 Å². The maximum Gasteiger partial charge on any atom is 0.331 e. The summed E-state index contributed by atoms with van der Waals surface area (Å²) in [5, 5.41) is 0. The van der Waals surface area contributed by atoms with E-state index in [1.54, 1.807) is 12.0 Å². The van der Waals surface area contributed by atoms with Gasteiger partial charge in [0.1, 0.15) is 12.3 Å². The van der Waals surface area contributed by atoms with Gasteiger partial charge in [0.15, 0.2) is 0 Å². The predicted octanol–water partition coefficient (Wildman–Crippen LogP) is 3.47. The number of para-hydroxylation sites is 1. The van der Waals surface area contributed by atoms with Gasteiger partial charge >= 0.3 is 6.03 Å². The molecule has 5 rings (SSSR count). The van der Waals surface area contributed by atoms with E-state index < -0.39 is 0 Å². The van der Waals surface area contributed by atoms with Crippen LogP contribution in [0.15, 0.2) is 48.5 Å². The van der Waals surface area contributed by atoms with E-state index in [0.29, 0.717) is 18.5 Å². The molecule has 6 nitrogen and oxygen atoms in total. The summed E-state index contributed by atoms with van der Waals surface area (Å²) in [5.74, 6) is 1.13. The van der Waals surface area contributed by atoms with E-state index in [1.165, 1.54) is 16.0 Å². The van der Waals surface area contributed by atoms with Crippen LogP contribution in [-0.2, 0) is 11.2 Å². The predicted molar refractivity (Wildman–Crippen MR) is 115 cm³/mol. The highest BCUT2D eigenvalue weighted by Gasteiger charge is 2.40. The summed E-state index contributed by atoms with van der Waals surface area (Å²) in [6.45, 7) is 2.71. The van der Waals surface area contributed by atoms with Gasteiger partial charge in [0.2, 0.25) is 0 Å². The second kappa shape index (κ2) is 7.76. The number of hydrogen-bond acceptors (Lipinski definition) is 4. The zero-order valence-corrected chi connectivity index (χ0v) is 17.3. The highest BCUT2D eigenvalue weighted by atomic mass is 16.5. The summed E-state index contributed by atoms with van der Waals surface area (Å²) < 4.78 is 5.40. The van der Waals surface area contributed by atoms with Gasteiger partial charge in [0, 0.05) is 24.8 Å². The van der Waals surface area contributed by atoms with Crippen LogP contribution in [0.5, 0.6) is 5.75 Å². The molecule has 3 aliphatic heterocycles. The molecule has 2 aromatic rings. The molecule has 0 aliphatic carbocycles. The van der Waals surface area contributed by atoms with Crippen LogP contribution in [0.4, 0.5) is 10.5 Å². The molecule has 0 saturated carbocycles. The first kappa shape index (κ1) is 19.1. The molecular weight excluding hydrogens is 378 g/mol. The van der Waals surface area contributed by atoms with Crippen molar-refractivity contribution in [3.63, 3.8) is 0 Å². The fourth-order valence-electron chi connectivity index (χ4n) is 5.15. The van der Waals surface area contributed by atoms with E-state index in [2.05, 4.69) is 17.0 Å². The number of methoxy groups -OCH3 is 1. The number of carbonyl (C=O) groups is 2. The number of amides is 3. The number of rotatable bonds is 4. The van der Waals surface area contributed by atoms with Gasteiger partial charge in [-0.05, 0) is 67.1 Å². The molecule has 0 unspecified atom stereocenters. The van der Waals surface area contributed by atoms with Crippen LogP contribution in [-0.4, -0.2) is 55.0 Å². The van der Waals surface area contributed by atoms with Gasteiger partial charge in [0.25, 0.3) is 5.91 Å². The number of piperidine rings is 1. The first-order valence-electron chi connectivity index (χ1n) is 10.7. The van der Waals surface area contributed by atoms with Crippen molar-refractivity contribution in [2.24, 2.45) is 5.92 Å². The van der Waals surface area contributed by atoms with Crippen LogP contribution in [0.3, 0.4) is 0 Å². The van der Waals surface area contributed by atoms with E-state index in [0.717, 1.165) is 43.8 Å². The molecule has 0 spiro atoms. The molecule has 30 heavy (non-hydrogen) atoms. The van der Waals surface area contributed by atoms with Crippen molar-refractivity contribution in [1.29, 1.82) is 0 Å². The number of hydrogen-bond donors (Lipinski definition) is 0. The lowest BCUT2D eigenvalue weighted by Gasteiger charge is -2.44. The molecule has 2 fully saturated rings. The third-order valence-corrected chi connectivity index (χ3v) is 6.76. The van der Waals surface area contributed by atoms with E-state index in [4.69, 9.17) is 4.74 Å². The van der Waals surface area contributed by atoms with Gasteiger partial charge in [-0.25, -0.2) is 4.79 Å². The van der Waals surface area contributed by atoms with Crippen LogP contribution in [0, 0.1) is 5.92 Å². The number of nitrogens with zero attached hydrogens (tertiary/aromatic N) is 3. The molecule has 3 amide bonds. The molecule has 6 heteroatoms. The normalized spacial score (nSPS) is 24.0. The van der Waals surface area contributed by atoms with Gasteiger partial charge in [-0.3, -0.25) is 19.5 Å². The Bertz CT molecular complexity index is 961. The minimum Gasteiger partial charge on any atom is -0.497 e. The largest absolute Gasteiger partial charge is 0.497 e. The Morgan fingerprint density at radius 3 is 2.70 bits per heavy atom. The van der Waals surface area contributed by atoms with Gasteiger partial charge in [0.05, 0.1) is 7.11 Å². The molecule has 2 atom stereocenters. The second-order valence-electron chi connectivity index (χ2n) is 8.47. The Balaban J connectivity index is 1.31. The van der Waals surface area contributed by atoms with Crippen molar-refractivity contribution >= 4 is 17.6 Å². The van der Waals surface area contributed by atoms with Crippen molar-refractivity contribution < 1.29 is 14.3 Å². The number of anilines is 1.